The van der Waals surface area contributed by atoms with Gasteiger partial charge in [-0.1, -0.05) is 31.5 Å². The van der Waals surface area contributed by atoms with Crippen molar-refractivity contribution in [1.82, 2.24) is 19.5 Å². The molecule has 1 amide bonds. The number of rotatable bonds is 2. The van der Waals surface area contributed by atoms with Gasteiger partial charge in [-0.2, -0.15) is 9.61 Å². The van der Waals surface area contributed by atoms with Gasteiger partial charge in [-0.15, -0.1) is 0 Å². The van der Waals surface area contributed by atoms with E-state index in [1.54, 1.807) is 0 Å². The second-order valence-corrected chi connectivity index (χ2v) is 10.6. The summed E-state index contributed by atoms with van der Waals surface area (Å²) < 4.78 is 2.00. The standard InChI is InChI=1S/C28H38N6O/c1-7-24-23-16-25-29-26(33-14-12-19(3)17-33)20(4)27(34(25)30-23)31(5)13-8-9-21-11-10-18(2)15-22(21)28(35)32(24)6/h10-11,15-16,19,24H,7-9,12-14,17H2,1-6H3/t19-,24?/m0/s1. The highest BCUT2D eigenvalue weighted by atomic mass is 16.2. The smallest absolute Gasteiger partial charge is 0.254 e. The number of anilines is 2. The van der Waals surface area contributed by atoms with Crippen molar-refractivity contribution in [2.45, 2.75) is 59.4 Å². The van der Waals surface area contributed by atoms with Crippen molar-refractivity contribution < 1.29 is 4.79 Å². The summed E-state index contributed by atoms with van der Waals surface area (Å²) in [4.78, 5) is 25.5. The van der Waals surface area contributed by atoms with Crippen LogP contribution >= 0.6 is 0 Å². The first-order chi connectivity index (χ1) is 16.8. The molecule has 1 unspecified atom stereocenters. The van der Waals surface area contributed by atoms with Crippen LogP contribution in [0.5, 0.6) is 0 Å². The van der Waals surface area contributed by atoms with Crippen molar-refractivity contribution in [3.05, 3.63) is 52.2 Å². The molecule has 1 saturated heterocycles. The van der Waals surface area contributed by atoms with E-state index in [0.29, 0.717) is 5.92 Å². The zero-order chi connectivity index (χ0) is 24.9. The van der Waals surface area contributed by atoms with Gasteiger partial charge >= 0.3 is 0 Å². The van der Waals surface area contributed by atoms with Gasteiger partial charge in [0.25, 0.3) is 5.91 Å². The number of hydrogen-bond acceptors (Lipinski definition) is 5. The molecule has 0 N–H and O–H groups in total. The third-order valence-corrected chi connectivity index (χ3v) is 7.84. The van der Waals surface area contributed by atoms with E-state index in [4.69, 9.17) is 10.1 Å². The lowest BCUT2D eigenvalue weighted by atomic mass is 9.98. The molecule has 2 aliphatic rings. The minimum Gasteiger partial charge on any atom is -0.359 e. The molecule has 7 heteroatoms. The molecule has 186 valence electrons. The molecular formula is C28H38N6O. The molecule has 5 rings (SSSR count). The normalized spacial score (nSPS) is 21.3. The van der Waals surface area contributed by atoms with Gasteiger partial charge in [0.1, 0.15) is 11.6 Å². The third kappa shape index (κ3) is 4.15. The Hall–Kier alpha value is -3.09. The second-order valence-electron chi connectivity index (χ2n) is 10.6. The first-order valence-electron chi connectivity index (χ1n) is 13.0. The summed E-state index contributed by atoms with van der Waals surface area (Å²) in [6.45, 7) is 11.6. The molecule has 0 radical (unpaired) electrons. The van der Waals surface area contributed by atoms with Crippen molar-refractivity contribution in [3.63, 3.8) is 0 Å². The average molecular weight is 475 g/mol. The van der Waals surface area contributed by atoms with Gasteiger partial charge in [-0.3, -0.25) is 4.79 Å². The molecular weight excluding hydrogens is 436 g/mol. The molecule has 2 aliphatic heterocycles. The number of aryl methyl sites for hydroxylation is 2. The van der Waals surface area contributed by atoms with E-state index in [-0.39, 0.29) is 11.9 Å². The van der Waals surface area contributed by atoms with Crippen LogP contribution in [0.25, 0.3) is 5.65 Å². The van der Waals surface area contributed by atoms with Crippen molar-refractivity contribution >= 4 is 23.2 Å². The molecule has 0 spiro atoms. The first-order valence-corrected chi connectivity index (χ1v) is 13.0. The number of hydrogen-bond donors (Lipinski definition) is 0. The van der Waals surface area contributed by atoms with Crippen LogP contribution in [-0.4, -0.2) is 59.1 Å². The summed E-state index contributed by atoms with van der Waals surface area (Å²) >= 11 is 0. The minimum absolute atomic E-state index is 0.0660. The summed E-state index contributed by atoms with van der Waals surface area (Å²) in [5, 5.41) is 5.06. The van der Waals surface area contributed by atoms with E-state index in [1.807, 2.05) is 22.5 Å². The Morgan fingerprint density at radius 2 is 1.91 bits per heavy atom. The van der Waals surface area contributed by atoms with E-state index in [1.165, 1.54) is 12.0 Å². The van der Waals surface area contributed by atoms with Crippen molar-refractivity contribution in [3.8, 4) is 0 Å². The Labute approximate surface area is 208 Å². The highest BCUT2D eigenvalue weighted by Gasteiger charge is 2.29. The van der Waals surface area contributed by atoms with Crippen LogP contribution in [0.15, 0.2) is 24.3 Å². The number of fused-ring (bicyclic) bond motifs is 2. The Morgan fingerprint density at radius 3 is 2.63 bits per heavy atom. The second kappa shape index (κ2) is 9.17. The summed E-state index contributed by atoms with van der Waals surface area (Å²) in [6, 6.07) is 8.26. The molecule has 1 fully saturated rings. The molecule has 0 aliphatic carbocycles. The number of aromatic nitrogens is 3. The monoisotopic (exact) mass is 474 g/mol. The SMILES string of the molecule is CCC1c2cc3nc(N4CC[C@H](C)C4)c(C)c(n3n2)N(C)CCCc2ccc(C)cc2C(=O)N1C. The van der Waals surface area contributed by atoms with E-state index in [0.717, 1.165) is 78.6 Å². The molecule has 2 atom stereocenters. The molecule has 1 aromatic carbocycles. The lowest BCUT2D eigenvalue weighted by molar-refractivity contribution is 0.0721. The van der Waals surface area contributed by atoms with Gasteiger partial charge in [0.2, 0.25) is 0 Å². The molecule has 0 saturated carbocycles. The molecule has 4 heterocycles. The van der Waals surface area contributed by atoms with Gasteiger partial charge in [0, 0.05) is 50.9 Å². The maximum Gasteiger partial charge on any atom is 0.254 e. The summed E-state index contributed by atoms with van der Waals surface area (Å²) in [5.74, 6) is 2.92. The predicted octanol–water partition coefficient (Wildman–Crippen LogP) is 4.80. The lowest BCUT2D eigenvalue weighted by Gasteiger charge is -2.27. The molecule has 7 nitrogen and oxygen atoms in total. The van der Waals surface area contributed by atoms with Gasteiger partial charge in [-0.05, 0) is 57.1 Å². The van der Waals surface area contributed by atoms with Crippen LogP contribution in [-0.2, 0) is 6.42 Å². The zero-order valence-electron chi connectivity index (χ0n) is 22.0. The van der Waals surface area contributed by atoms with Crippen LogP contribution in [0.3, 0.4) is 0 Å². The number of carbonyl (C=O) groups excluding carboxylic acids is 1. The highest BCUT2D eigenvalue weighted by Crippen LogP contribution is 2.34. The van der Waals surface area contributed by atoms with Gasteiger partial charge in [0.15, 0.2) is 5.65 Å². The van der Waals surface area contributed by atoms with E-state index in [2.05, 4.69) is 62.7 Å². The van der Waals surface area contributed by atoms with Gasteiger partial charge in [0.05, 0.1) is 11.7 Å². The van der Waals surface area contributed by atoms with Crippen molar-refractivity contribution in [2.24, 2.45) is 5.92 Å². The topological polar surface area (TPSA) is 57.0 Å². The minimum atomic E-state index is -0.118. The van der Waals surface area contributed by atoms with Crippen LogP contribution in [0.4, 0.5) is 11.6 Å². The third-order valence-electron chi connectivity index (χ3n) is 7.84. The maximum atomic E-state index is 13.7. The van der Waals surface area contributed by atoms with Gasteiger partial charge < -0.3 is 14.7 Å². The molecule has 35 heavy (non-hydrogen) atoms. The Morgan fingerprint density at radius 1 is 1.11 bits per heavy atom. The van der Waals surface area contributed by atoms with Gasteiger partial charge in [-0.25, -0.2) is 4.98 Å². The summed E-state index contributed by atoms with van der Waals surface area (Å²) in [5.41, 5.74) is 5.98. The number of amides is 1. The number of carbonyl (C=O) groups is 1. The fourth-order valence-electron chi connectivity index (χ4n) is 5.85. The van der Waals surface area contributed by atoms with Crippen LogP contribution in [0.2, 0.25) is 0 Å². The van der Waals surface area contributed by atoms with Crippen molar-refractivity contribution in [2.75, 3.05) is 43.5 Å². The largest absolute Gasteiger partial charge is 0.359 e. The number of nitrogens with zero attached hydrogens (tertiary/aromatic N) is 6. The molecule has 2 bridgehead atoms. The highest BCUT2D eigenvalue weighted by molar-refractivity contribution is 5.96. The molecule has 3 aromatic rings. The fourth-order valence-corrected chi connectivity index (χ4v) is 5.85. The fraction of sp³-hybridized carbons (Fsp3) is 0.536. The molecule has 2 aromatic heterocycles. The zero-order valence-corrected chi connectivity index (χ0v) is 22.0. The van der Waals surface area contributed by atoms with E-state index < -0.39 is 0 Å². The van der Waals surface area contributed by atoms with Crippen molar-refractivity contribution in [1.29, 1.82) is 0 Å². The quantitative estimate of drug-likeness (QED) is 0.534. The average Bonchev–Trinajstić information content (AvgIpc) is 3.44. The Kier molecular flexibility index (Phi) is 6.20. The van der Waals surface area contributed by atoms with E-state index in [9.17, 15) is 4.79 Å². The summed E-state index contributed by atoms with van der Waals surface area (Å²) in [7, 11) is 4.07. The number of benzene rings is 1. The Balaban J connectivity index is 1.67. The summed E-state index contributed by atoms with van der Waals surface area (Å²) in [6.07, 6.45) is 3.80. The van der Waals surface area contributed by atoms with Crippen LogP contribution < -0.4 is 9.80 Å². The van der Waals surface area contributed by atoms with Crippen LogP contribution in [0.1, 0.15) is 71.9 Å². The maximum absolute atomic E-state index is 13.7. The predicted molar refractivity (Wildman–Crippen MR) is 142 cm³/mol. The first kappa shape index (κ1) is 23.6. The Bertz CT molecular complexity index is 1260. The lowest BCUT2D eigenvalue weighted by Crippen LogP contribution is -2.32. The van der Waals surface area contributed by atoms with Crippen LogP contribution in [0, 0.1) is 19.8 Å². The van der Waals surface area contributed by atoms with E-state index >= 15 is 0 Å².